The van der Waals surface area contributed by atoms with Crippen molar-refractivity contribution in [2.45, 2.75) is 33.6 Å². The van der Waals surface area contributed by atoms with Gasteiger partial charge in [0.2, 0.25) is 11.0 Å². The third-order valence-electron chi connectivity index (χ3n) is 5.08. The molecule has 6 nitrogen and oxygen atoms in total. The van der Waals surface area contributed by atoms with Gasteiger partial charge in [-0.2, -0.15) is 5.10 Å². The second kappa shape index (κ2) is 7.72. The van der Waals surface area contributed by atoms with Gasteiger partial charge >= 0.3 is 0 Å². The fraction of sp³-hybridized carbons (Fsp3) is 0.450. The van der Waals surface area contributed by atoms with E-state index in [1.165, 1.54) is 0 Å². The molecule has 0 bridgehead atoms. The molecular weight excluding hydrogens is 394 g/mol. The summed E-state index contributed by atoms with van der Waals surface area (Å²) in [6.45, 7) is 9.03. The number of amides is 1. The van der Waals surface area contributed by atoms with Crippen LogP contribution in [0.3, 0.4) is 0 Å². The fourth-order valence-corrected chi connectivity index (χ4v) is 4.96. The van der Waals surface area contributed by atoms with Crippen LogP contribution in [-0.4, -0.2) is 51.8 Å². The van der Waals surface area contributed by atoms with Gasteiger partial charge in [0.25, 0.3) is 0 Å². The van der Waals surface area contributed by atoms with Crippen molar-refractivity contribution >= 4 is 44.7 Å². The SMILES string of the molecule is CCCC(=O)N1CCN(c2c(Cl)ccc3sc(-n4nc(C)cc4C)nc23)CC1. The van der Waals surface area contributed by atoms with E-state index in [4.69, 9.17) is 16.6 Å². The molecule has 0 spiro atoms. The van der Waals surface area contributed by atoms with Gasteiger partial charge in [-0.25, -0.2) is 9.67 Å². The number of aromatic nitrogens is 3. The Morgan fingerprint density at radius 3 is 2.61 bits per heavy atom. The van der Waals surface area contributed by atoms with Gasteiger partial charge in [0.05, 0.1) is 21.1 Å². The minimum Gasteiger partial charge on any atom is -0.365 e. The predicted octanol–water partition coefficient (Wildman–Crippen LogP) is 4.20. The number of piperazine rings is 1. The molecule has 148 valence electrons. The van der Waals surface area contributed by atoms with Crippen LogP contribution in [0.4, 0.5) is 5.69 Å². The molecule has 1 amide bonds. The van der Waals surface area contributed by atoms with Gasteiger partial charge < -0.3 is 9.80 Å². The number of benzene rings is 1. The van der Waals surface area contributed by atoms with E-state index < -0.39 is 0 Å². The summed E-state index contributed by atoms with van der Waals surface area (Å²) < 4.78 is 2.98. The molecule has 8 heteroatoms. The van der Waals surface area contributed by atoms with E-state index in [9.17, 15) is 4.79 Å². The smallest absolute Gasteiger partial charge is 0.222 e. The van der Waals surface area contributed by atoms with Crippen molar-refractivity contribution in [1.82, 2.24) is 19.7 Å². The lowest BCUT2D eigenvalue weighted by Crippen LogP contribution is -2.48. The first kappa shape index (κ1) is 19.2. The van der Waals surface area contributed by atoms with Gasteiger partial charge in [0, 0.05) is 38.3 Å². The maximum absolute atomic E-state index is 12.2. The van der Waals surface area contributed by atoms with E-state index in [0.29, 0.717) is 11.4 Å². The molecule has 1 saturated heterocycles. The van der Waals surface area contributed by atoms with E-state index in [0.717, 1.165) is 65.0 Å². The lowest BCUT2D eigenvalue weighted by atomic mass is 10.2. The molecule has 2 aromatic heterocycles. The standard InChI is InChI=1S/C20H24ClN5OS/c1-4-5-17(27)24-8-10-25(11-9-24)19-15(21)6-7-16-18(19)22-20(28-16)26-14(3)12-13(2)23-26/h6-7,12H,4-5,8-11H2,1-3H3. The maximum Gasteiger partial charge on any atom is 0.222 e. The van der Waals surface area contributed by atoms with Crippen LogP contribution in [0.25, 0.3) is 15.3 Å². The van der Waals surface area contributed by atoms with Crippen molar-refractivity contribution in [3.05, 3.63) is 34.6 Å². The summed E-state index contributed by atoms with van der Waals surface area (Å²) >= 11 is 8.21. The summed E-state index contributed by atoms with van der Waals surface area (Å²) in [4.78, 5) is 21.3. The van der Waals surface area contributed by atoms with Gasteiger partial charge in [-0.1, -0.05) is 29.9 Å². The average Bonchev–Trinajstić information content (AvgIpc) is 3.24. The molecule has 1 aromatic carbocycles. The van der Waals surface area contributed by atoms with Gasteiger partial charge in [0.15, 0.2) is 0 Å². The molecule has 1 fully saturated rings. The number of thiazole rings is 1. The number of carbonyl (C=O) groups excluding carboxylic acids is 1. The van der Waals surface area contributed by atoms with Crippen LogP contribution < -0.4 is 4.90 Å². The fourth-order valence-electron chi connectivity index (χ4n) is 3.71. The monoisotopic (exact) mass is 417 g/mol. The predicted molar refractivity (Wildman–Crippen MR) is 115 cm³/mol. The van der Waals surface area contributed by atoms with E-state index in [-0.39, 0.29) is 5.91 Å². The Hall–Kier alpha value is -2.12. The summed E-state index contributed by atoms with van der Waals surface area (Å²) in [5, 5.41) is 6.11. The molecule has 0 aliphatic carbocycles. The Balaban J connectivity index is 1.65. The Morgan fingerprint density at radius 2 is 1.96 bits per heavy atom. The Bertz CT molecular complexity index is 1020. The largest absolute Gasteiger partial charge is 0.365 e. The highest BCUT2D eigenvalue weighted by atomic mass is 35.5. The van der Waals surface area contributed by atoms with E-state index in [1.807, 2.05) is 48.6 Å². The van der Waals surface area contributed by atoms with Crippen LogP contribution in [-0.2, 0) is 4.79 Å². The van der Waals surface area contributed by atoms with Crippen molar-refractivity contribution in [2.75, 3.05) is 31.1 Å². The minimum atomic E-state index is 0.243. The highest BCUT2D eigenvalue weighted by Crippen LogP contribution is 2.38. The summed E-state index contributed by atoms with van der Waals surface area (Å²) in [5.74, 6) is 0.243. The number of carbonyl (C=O) groups is 1. The third kappa shape index (κ3) is 3.49. The van der Waals surface area contributed by atoms with Crippen molar-refractivity contribution in [2.24, 2.45) is 0 Å². The zero-order valence-electron chi connectivity index (χ0n) is 16.4. The van der Waals surface area contributed by atoms with Crippen molar-refractivity contribution in [1.29, 1.82) is 0 Å². The first-order valence-corrected chi connectivity index (χ1v) is 10.8. The van der Waals surface area contributed by atoms with Gasteiger partial charge in [-0.05, 0) is 38.5 Å². The first-order valence-electron chi connectivity index (χ1n) is 9.63. The lowest BCUT2D eigenvalue weighted by molar-refractivity contribution is -0.131. The molecule has 3 aromatic rings. The van der Waals surface area contributed by atoms with Crippen LogP contribution in [0.15, 0.2) is 18.2 Å². The zero-order valence-corrected chi connectivity index (χ0v) is 18.0. The summed E-state index contributed by atoms with van der Waals surface area (Å²) in [6.07, 6.45) is 1.51. The molecule has 4 rings (SSSR count). The Kier molecular flexibility index (Phi) is 5.29. The van der Waals surface area contributed by atoms with Crippen LogP contribution in [0.5, 0.6) is 0 Å². The lowest BCUT2D eigenvalue weighted by Gasteiger charge is -2.36. The second-order valence-corrected chi connectivity index (χ2v) is 8.61. The number of nitrogens with zero attached hydrogens (tertiary/aromatic N) is 5. The first-order chi connectivity index (χ1) is 13.5. The number of hydrogen-bond acceptors (Lipinski definition) is 5. The Morgan fingerprint density at radius 1 is 1.21 bits per heavy atom. The van der Waals surface area contributed by atoms with Crippen LogP contribution in [0, 0.1) is 13.8 Å². The summed E-state index contributed by atoms with van der Waals surface area (Å²) in [6, 6.07) is 6.01. The number of aryl methyl sites for hydroxylation is 2. The number of halogens is 1. The average molecular weight is 418 g/mol. The molecule has 0 N–H and O–H groups in total. The van der Waals surface area contributed by atoms with Gasteiger partial charge in [0.1, 0.15) is 5.52 Å². The molecule has 0 unspecified atom stereocenters. The van der Waals surface area contributed by atoms with Crippen molar-refractivity contribution in [3.63, 3.8) is 0 Å². The van der Waals surface area contributed by atoms with Gasteiger partial charge in [-0.3, -0.25) is 4.79 Å². The topological polar surface area (TPSA) is 54.3 Å². The van der Waals surface area contributed by atoms with Crippen LogP contribution in [0.1, 0.15) is 31.2 Å². The number of hydrogen-bond donors (Lipinski definition) is 0. The molecule has 0 atom stereocenters. The molecule has 0 radical (unpaired) electrons. The summed E-state index contributed by atoms with van der Waals surface area (Å²) in [7, 11) is 0. The van der Waals surface area contributed by atoms with Crippen LogP contribution >= 0.6 is 22.9 Å². The second-order valence-electron chi connectivity index (χ2n) is 7.20. The van der Waals surface area contributed by atoms with E-state index in [2.05, 4.69) is 10.00 Å². The quantitative estimate of drug-likeness (QED) is 0.638. The van der Waals surface area contributed by atoms with Crippen LogP contribution in [0.2, 0.25) is 5.02 Å². The number of anilines is 1. The Labute approximate surface area is 173 Å². The minimum absolute atomic E-state index is 0.243. The van der Waals surface area contributed by atoms with Crippen molar-refractivity contribution < 1.29 is 4.79 Å². The van der Waals surface area contributed by atoms with E-state index >= 15 is 0 Å². The summed E-state index contributed by atoms with van der Waals surface area (Å²) in [5.41, 5.74) is 3.91. The molecule has 1 aliphatic heterocycles. The highest BCUT2D eigenvalue weighted by molar-refractivity contribution is 7.20. The molecule has 0 saturated carbocycles. The highest BCUT2D eigenvalue weighted by Gasteiger charge is 2.25. The number of rotatable bonds is 4. The zero-order chi connectivity index (χ0) is 19.8. The number of fused-ring (bicyclic) bond motifs is 1. The molecular formula is C20H24ClN5OS. The maximum atomic E-state index is 12.2. The van der Waals surface area contributed by atoms with E-state index in [1.54, 1.807) is 11.3 Å². The molecule has 1 aliphatic rings. The van der Waals surface area contributed by atoms with Crippen molar-refractivity contribution in [3.8, 4) is 5.13 Å². The normalized spacial score (nSPS) is 14.9. The van der Waals surface area contributed by atoms with Gasteiger partial charge in [-0.15, -0.1) is 0 Å². The molecule has 3 heterocycles. The third-order valence-corrected chi connectivity index (χ3v) is 6.38. The molecule has 28 heavy (non-hydrogen) atoms.